The molecule has 142 valence electrons. The van der Waals surface area contributed by atoms with Crippen molar-refractivity contribution in [2.45, 2.75) is 24.8 Å². The highest BCUT2D eigenvalue weighted by atomic mass is 35.5. The lowest BCUT2D eigenvalue weighted by atomic mass is 9.90. The molecule has 7 heteroatoms. The van der Waals surface area contributed by atoms with Crippen LogP contribution < -0.4 is 10.5 Å². The molecule has 2 aromatic carbocycles. The van der Waals surface area contributed by atoms with Crippen LogP contribution in [0.15, 0.2) is 24.3 Å². The Labute approximate surface area is 166 Å². The van der Waals surface area contributed by atoms with Gasteiger partial charge in [0.05, 0.1) is 23.8 Å². The average molecular weight is 410 g/mol. The smallest absolute Gasteiger partial charge is 0.322 e. The Morgan fingerprint density at radius 3 is 2.74 bits per heavy atom. The molecule has 2 aromatic rings. The normalized spacial score (nSPS) is 20.9. The highest BCUT2D eigenvalue weighted by Crippen LogP contribution is 2.58. The Morgan fingerprint density at radius 2 is 2.07 bits per heavy atom. The lowest BCUT2D eigenvalue weighted by Crippen LogP contribution is -2.34. The fourth-order valence-corrected chi connectivity index (χ4v) is 4.49. The summed E-state index contributed by atoms with van der Waals surface area (Å²) >= 11 is 12.6. The van der Waals surface area contributed by atoms with Crippen LogP contribution in [0.3, 0.4) is 0 Å². The Morgan fingerprint density at radius 1 is 1.37 bits per heavy atom. The lowest BCUT2D eigenvalue weighted by molar-refractivity contribution is -0.142. The molecule has 0 amide bonds. The van der Waals surface area contributed by atoms with Crippen molar-refractivity contribution in [2.24, 2.45) is 11.7 Å². The van der Waals surface area contributed by atoms with Crippen LogP contribution in [0, 0.1) is 11.7 Å². The molecule has 0 spiro atoms. The third-order valence-electron chi connectivity index (χ3n) is 5.24. The summed E-state index contributed by atoms with van der Waals surface area (Å²) in [6.07, 6.45) is 1.38. The van der Waals surface area contributed by atoms with E-state index in [0.29, 0.717) is 36.2 Å². The van der Waals surface area contributed by atoms with E-state index in [1.807, 2.05) is 12.1 Å². The van der Waals surface area contributed by atoms with Crippen molar-refractivity contribution < 1.29 is 18.7 Å². The highest BCUT2D eigenvalue weighted by Gasteiger charge is 2.46. The van der Waals surface area contributed by atoms with Crippen molar-refractivity contribution in [1.82, 2.24) is 0 Å². The number of carbonyl (C=O) groups is 1. The summed E-state index contributed by atoms with van der Waals surface area (Å²) in [4.78, 5) is 11.7. The quantitative estimate of drug-likeness (QED) is 0.762. The predicted molar refractivity (Wildman–Crippen MR) is 102 cm³/mol. The Kier molecular flexibility index (Phi) is 4.78. The van der Waals surface area contributed by atoms with Crippen LogP contribution in [0.25, 0.3) is 11.1 Å². The number of hydrogen-bond acceptors (Lipinski definition) is 4. The van der Waals surface area contributed by atoms with Gasteiger partial charge in [-0.15, -0.1) is 0 Å². The highest BCUT2D eigenvalue weighted by molar-refractivity contribution is 6.39. The summed E-state index contributed by atoms with van der Waals surface area (Å²) in [5.74, 6) is 0.582. The number of hydrogen-bond donors (Lipinski definition) is 1. The number of methoxy groups -OCH3 is 1. The number of rotatable bonds is 4. The first-order valence-electron chi connectivity index (χ1n) is 8.67. The number of halogens is 3. The summed E-state index contributed by atoms with van der Waals surface area (Å²) in [6, 6.07) is 5.48. The van der Waals surface area contributed by atoms with Gasteiger partial charge in [0, 0.05) is 22.6 Å². The molecule has 0 saturated heterocycles. The molecular weight excluding hydrogens is 392 g/mol. The van der Waals surface area contributed by atoms with Gasteiger partial charge in [-0.2, -0.15) is 0 Å². The Balaban J connectivity index is 1.83. The summed E-state index contributed by atoms with van der Waals surface area (Å²) < 4.78 is 24.4. The lowest BCUT2D eigenvalue weighted by Gasteiger charge is -2.24. The number of carbonyl (C=O) groups excluding carboxylic acids is 1. The second-order valence-corrected chi connectivity index (χ2v) is 7.82. The van der Waals surface area contributed by atoms with Gasteiger partial charge in [-0.1, -0.05) is 35.3 Å². The fourth-order valence-electron chi connectivity index (χ4n) is 3.82. The van der Waals surface area contributed by atoms with E-state index in [2.05, 4.69) is 0 Å². The molecule has 3 atom stereocenters. The van der Waals surface area contributed by atoms with Crippen molar-refractivity contribution in [3.63, 3.8) is 0 Å². The van der Waals surface area contributed by atoms with E-state index in [1.54, 1.807) is 0 Å². The summed E-state index contributed by atoms with van der Waals surface area (Å²) in [7, 11) is 1.32. The van der Waals surface area contributed by atoms with Crippen LogP contribution in [0.4, 0.5) is 4.39 Å². The van der Waals surface area contributed by atoms with E-state index >= 15 is 0 Å². The minimum absolute atomic E-state index is 0.225. The van der Waals surface area contributed by atoms with Crippen LogP contribution in [0.1, 0.15) is 23.5 Å². The molecule has 27 heavy (non-hydrogen) atoms. The molecule has 4 rings (SSSR count). The van der Waals surface area contributed by atoms with E-state index in [0.717, 1.165) is 23.1 Å². The number of benzene rings is 2. The molecule has 0 bridgehead atoms. The van der Waals surface area contributed by atoms with Gasteiger partial charge in [0.2, 0.25) is 0 Å². The van der Waals surface area contributed by atoms with Crippen LogP contribution >= 0.6 is 23.2 Å². The predicted octanol–water partition coefficient (Wildman–Crippen LogP) is 4.34. The number of ether oxygens (including phenoxy) is 2. The topological polar surface area (TPSA) is 61.5 Å². The number of fused-ring (bicyclic) bond motifs is 3. The average Bonchev–Trinajstić information content (AvgIpc) is 3.41. The van der Waals surface area contributed by atoms with Crippen molar-refractivity contribution >= 4 is 29.2 Å². The van der Waals surface area contributed by atoms with E-state index in [-0.39, 0.29) is 10.0 Å². The first-order chi connectivity index (χ1) is 12.9. The van der Waals surface area contributed by atoms with Crippen LogP contribution in [0.2, 0.25) is 10.0 Å². The molecule has 1 fully saturated rings. The standard InChI is InChI=1S/C20H18Cl2FNO3/c1-26-20(25)16(24)5-9-2-3-12(18-14(21)6-11(23)7-15(18)22)19-17(9)13-4-10(13)8-27-19/h2-3,6-7,10,13,16H,4-5,8,24H2,1H3/t10?,13?,16-/m0/s1. The van der Waals surface area contributed by atoms with Gasteiger partial charge in [-0.3, -0.25) is 4.79 Å². The molecule has 0 aromatic heterocycles. The molecule has 1 aliphatic heterocycles. The van der Waals surface area contributed by atoms with Gasteiger partial charge in [0.25, 0.3) is 0 Å². The Hall–Kier alpha value is -1.82. The molecule has 2 aliphatic rings. The maximum atomic E-state index is 13.6. The third kappa shape index (κ3) is 3.28. The molecule has 2 N–H and O–H groups in total. The zero-order chi connectivity index (χ0) is 19.3. The maximum absolute atomic E-state index is 13.6. The first-order valence-corrected chi connectivity index (χ1v) is 9.43. The van der Waals surface area contributed by atoms with E-state index in [9.17, 15) is 9.18 Å². The molecule has 0 radical (unpaired) electrons. The molecule has 4 nitrogen and oxygen atoms in total. The first kappa shape index (κ1) is 18.5. The molecule has 1 saturated carbocycles. The van der Waals surface area contributed by atoms with E-state index in [1.165, 1.54) is 19.2 Å². The number of nitrogens with two attached hydrogens (primary N) is 1. The van der Waals surface area contributed by atoms with Crippen LogP contribution in [0.5, 0.6) is 5.75 Å². The molecule has 2 unspecified atom stereocenters. The summed E-state index contributed by atoms with van der Waals surface area (Å²) in [6.45, 7) is 0.619. The molecular formula is C20H18Cl2FNO3. The van der Waals surface area contributed by atoms with Gasteiger partial charge in [-0.25, -0.2) is 4.39 Å². The second-order valence-electron chi connectivity index (χ2n) is 7.01. The number of esters is 1. The van der Waals surface area contributed by atoms with E-state index in [4.69, 9.17) is 38.4 Å². The van der Waals surface area contributed by atoms with Crippen molar-refractivity contribution in [3.05, 3.63) is 51.3 Å². The van der Waals surface area contributed by atoms with Gasteiger partial charge >= 0.3 is 5.97 Å². The molecule has 1 aliphatic carbocycles. The summed E-state index contributed by atoms with van der Waals surface area (Å²) in [5.41, 5.74) is 9.22. The maximum Gasteiger partial charge on any atom is 0.322 e. The summed E-state index contributed by atoms with van der Waals surface area (Å²) in [5, 5.41) is 0.450. The largest absolute Gasteiger partial charge is 0.492 e. The minimum Gasteiger partial charge on any atom is -0.492 e. The van der Waals surface area contributed by atoms with Crippen LogP contribution in [-0.2, 0) is 16.0 Å². The van der Waals surface area contributed by atoms with Gasteiger partial charge in [-0.05, 0) is 36.5 Å². The molecule has 1 heterocycles. The van der Waals surface area contributed by atoms with Gasteiger partial charge in [0.15, 0.2) is 0 Å². The zero-order valence-corrected chi connectivity index (χ0v) is 16.1. The third-order valence-corrected chi connectivity index (χ3v) is 5.84. The SMILES string of the molecule is COC(=O)[C@@H](N)Cc1ccc(-c2c(Cl)cc(F)cc2Cl)c2c1C1CC1CO2. The van der Waals surface area contributed by atoms with Gasteiger partial charge < -0.3 is 15.2 Å². The monoisotopic (exact) mass is 409 g/mol. The van der Waals surface area contributed by atoms with Gasteiger partial charge in [0.1, 0.15) is 17.6 Å². The van der Waals surface area contributed by atoms with Crippen LogP contribution in [-0.4, -0.2) is 25.7 Å². The second kappa shape index (κ2) is 6.97. The van der Waals surface area contributed by atoms with Crippen molar-refractivity contribution in [1.29, 1.82) is 0 Å². The fraction of sp³-hybridized carbons (Fsp3) is 0.350. The Bertz CT molecular complexity index is 911. The van der Waals surface area contributed by atoms with E-state index < -0.39 is 17.8 Å². The minimum atomic E-state index is -0.748. The van der Waals surface area contributed by atoms with Crippen molar-refractivity contribution in [2.75, 3.05) is 13.7 Å². The van der Waals surface area contributed by atoms with Crippen molar-refractivity contribution in [3.8, 4) is 16.9 Å². The zero-order valence-electron chi connectivity index (χ0n) is 14.6.